The summed E-state index contributed by atoms with van der Waals surface area (Å²) in [6.07, 6.45) is 0. The first-order valence-electron chi connectivity index (χ1n) is 6.61. The highest BCUT2D eigenvalue weighted by Gasteiger charge is 2.23. The van der Waals surface area contributed by atoms with E-state index in [0.717, 1.165) is 13.1 Å². The van der Waals surface area contributed by atoms with E-state index in [0.29, 0.717) is 32.3 Å². The highest BCUT2D eigenvalue weighted by atomic mass is 127. The van der Waals surface area contributed by atoms with Gasteiger partial charge >= 0.3 is 0 Å². The van der Waals surface area contributed by atoms with Crippen LogP contribution >= 0.6 is 24.0 Å². The first kappa shape index (κ1) is 19.9. The molecule has 120 valence electrons. The zero-order valence-corrected chi connectivity index (χ0v) is 15.3. The number of hydrogen-bond acceptors (Lipinski definition) is 4. The second kappa shape index (κ2) is 9.74. The van der Waals surface area contributed by atoms with Crippen molar-refractivity contribution in [2.45, 2.75) is 13.8 Å². The van der Waals surface area contributed by atoms with Crippen LogP contribution in [0.25, 0.3) is 0 Å². The van der Waals surface area contributed by atoms with Crippen molar-refractivity contribution in [3.8, 4) is 0 Å². The van der Waals surface area contributed by atoms with Gasteiger partial charge in [-0.1, -0.05) is 0 Å². The first-order valence-corrected chi connectivity index (χ1v) is 8.22. The zero-order chi connectivity index (χ0) is 14.3. The molecule has 2 N–H and O–H groups in total. The number of ether oxygens (including phenoxy) is 1. The van der Waals surface area contributed by atoms with E-state index in [2.05, 4.69) is 4.99 Å². The van der Waals surface area contributed by atoms with Crippen LogP contribution in [0.3, 0.4) is 0 Å². The Kier molecular flexibility index (Phi) is 9.68. The van der Waals surface area contributed by atoms with Gasteiger partial charge in [0.2, 0.25) is 10.0 Å². The van der Waals surface area contributed by atoms with Gasteiger partial charge < -0.3 is 15.4 Å². The minimum atomic E-state index is -3.25. The summed E-state index contributed by atoms with van der Waals surface area (Å²) in [7, 11) is -3.25. The maximum Gasteiger partial charge on any atom is 0.216 e. The van der Waals surface area contributed by atoms with E-state index >= 15 is 0 Å². The van der Waals surface area contributed by atoms with Gasteiger partial charge in [0.15, 0.2) is 5.96 Å². The summed E-state index contributed by atoms with van der Waals surface area (Å²) in [5.74, 6) is 0.400. The van der Waals surface area contributed by atoms with Crippen molar-refractivity contribution in [1.82, 2.24) is 9.21 Å². The van der Waals surface area contributed by atoms with E-state index in [1.807, 2.05) is 18.7 Å². The minimum Gasteiger partial charge on any atom is -0.379 e. The van der Waals surface area contributed by atoms with Gasteiger partial charge in [0.05, 0.1) is 25.5 Å². The van der Waals surface area contributed by atoms with Crippen LogP contribution in [0.5, 0.6) is 0 Å². The second-order valence-corrected chi connectivity index (χ2v) is 6.33. The van der Waals surface area contributed by atoms with E-state index in [9.17, 15) is 8.42 Å². The lowest BCUT2D eigenvalue weighted by Gasteiger charge is -2.25. The molecule has 0 saturated carbocycles. The van der Waals surface area contributed by atoms with Crippen LogP contribution < -0.4 is 5.73 Å². The largest absolute Gasteiger partial charge is 0.379 e. The number of halogens is 1. The third-order valence-electron chi connectivity index (χ3n) is 3.07. The summed E-state index contributed by atoms with van der Waals surface area (Å²) in [5.41, 5.74) is 5.79. The molecule has 0 bridgehead atoms. The predicted molar refractivity (Wildman–Crippen MR) is 91.0 cm³/mol. The van der Waals surface area contributed by atoms with E-state index in [4.69, 9.17) is 10.5 Å². The molecule has 7 nitrogen and oxygen atoms in total. The average Bonchev–Trinajstić information content (AvgIpc) is 2.41. The Labute approximate surface area is 138 Å². The Morgan fingerprint density at radius 1 is 1.30 bits per heavy atom. The summed E-state index contributed by atoms with van der Waals surface area (Å²) in [5, 5.41) is 0. The molecule has 1 rings (SSSR count). The third kappa shape index (κ3) is 6.10. The summed E-state index contributed by atoms with van der Waals surface area (Å²) in [6, 6.07) is 0. The molecule has 0 unspecified atom stereocenters. The van der Waals surface area contributed by atoms with E-state index in [1.54, 1.807) is 0 Å². The number of guanidine groups is 1. The van der Waals surface area contributed by atoms with Gasteiger partial charge in [-0.2, -0.15) is 4.31 Å². The normalized spacial score (nSPS) is 17.6. The number of rotatable bonds is 6. The predicted octanol–water partition coefficient (Wildman–Crippen LogP) is -0.0771. The molecule has 0 amide bonds. The van der Waals surface area contributed by atoms with Gasteiger partial charge in [-0.15, -0.1) is 24.0 Å². The molecule has 0 atom stereocenters. The standard InChI is InChI=1S/C11H24N4O3S.HI/c1-3-14(4-2)11(12)13-5-10-19(16,17)15-6-8-18-9-7-15;/h3-10H2,1-2H3,(H2,12,13);1H. The Balaban J connectivity index is 0.00000361. The van der Waals surface area contributed by atoms with Crippen molar-refractivity contribution in [2.75, 3.05) is 51.7 Å². The van der Waals surface area contributed by atoms with Gasteiger partial charge in [-0.25, -0.2) is 8.42 Å². The highest BCUT2D eigenvalue weighted by Crippen LogP contribution is 2.05. The highest BCUT2D eigenvalue weighted by molar-refractivity contribution is 14.0. The second-order valence-electron chi connectivity index (χ2n) is 4.24. The van der Waals surface area contributed by atoms with Gasteiger partial charge in [0, 0.05) is 26.2 Å². The number of nitrogens with two attached hydrogens (primary N) is 1. The number of aliphatic imine (C=N–C) groups is 1. The SMILES string of the molecule is CCN(CC)C(N)=NCCS(=O)(=O)N1CCOCC1.I. The van der Waals surface area contributed by atoms with Crippen LogP contribution in [-0.2, 0) is 14.8 Å². The fourth-order valence-electron chi connectivity index (χ4n) is 1.88. The van der Waals surface area contributed by atoms with Crippen molar-refractivity contribution < 1.29 is 13.2 Å². The van der Waals surface area contributed by atoms with E-state index in [1.165, 1.54) is 4.31 Å². The summed E-state index contributed by atoms with van der Waals surface area (Å²) in [6.45, 7) is 7.47. The number of morpholine rings is 1. The Bertz CT molecular complexity index is 392. The molecule has 0 aromatic rings. The Morgan fingerprint density at radius 3 is 2.35 bits per heavy atom. The fourth-order valence-corrected chi connectivity index (χ4v) is 3.16. The lowest BCUT2D eigenvalue weighted by Crippen LogP contribution is -2.42. The Morgan fingerprint density at radius 2 is 1.85 bits per heavy atom. The smallest absolute Gasteiger partial charge is 0.216 e. The van der Waals surface area contributed by atoms with E-state index in [-0.39, 0.29) is 36.3 Å². The van der Waals surface area contributed by atoms with Gasteiger partial charge in [0.25, 0.3) is 0 Å². The summed E-state index contributed by atoms with van der Waals surface area (Å²) >= 11 is 0. The lowest BCUT2D eigenvalue weighted by atomic mass is 10.5. The van der Waals surface area contributed by atoms with Crippen LogP contribution in [-0.4, -0.2) is 75.3 Å². The summed E-state index contributed by atoms with van der Waals surface area (Å²) < 4.78 is 30.6. The van der Waals surface area contributed by atoms with Crippen LogP contribution in [0.2, 0.25) is 0 Å². The van der Waals surface area contributed by atoms with E-state index < -0.39 is 10.0 Å². The van der Waals surface area contributed by atoms with Crippen molar-refractivity contribution in [3.63, 3.8) is 0 Å². The summed E-state index contributed by atoms with van der Waals surface area (Å²) in [4.78, 5) is 6.02. The van der Waals surface area contributed by atoms with Crippen LogP contribution in [0.1, 0.15) is 13.8 Å². The van der Waals surface area contributed by atoms with Gasteiger partial charge in [0.1, 0.15) is 0 Å². The molecule has 20 heavy (non-hydrogen) atoms. The number of sulfonamides is 1. The van der Waals surface area contributed by atoms with Crippen LogP contribution in [0.15, 0.2) is 4.99 Å². The molecule has 1 aliphatic rings. The lowest BCUT2D eigenvalue weighted by molar-refractivity contribution is 0.0731. The monoisotopic (exact) mass is 420 g/mol. The minimum absolute atomic E-state index is 0. The van der Waals surface area contributed by atoms with Crippen molar-refractivity contribution in [3.05, 3.63) is 0 Å². The van der Waals surface area contributed by atoms with Crippen molar-refractivity contribution >= 4 is 40.0 Å². The van der Waals surface area contributed by atoms with Crippen LogP contribution in [0.4, 0.5) is 0 Å². The molecule has 1 aliphatic heterocycles. The fraction of sp³-hybridized carbons (Fsp3) is 0.909. The molecule has 1 heterocycles. The molecule has 1 saturated heterocycles. The molecule has 0 aliphatic carbocycles. The molecule has 1 fully saturated rings. The number of nitrogens with zero attached hydrogens (tertiary/aromatic N) is 3. The molecular weight excluding hydrogens is 395 g/mol. The van der Waals surface area contributed by atoms with Crippen molar-refractivity contribution in [1.29, 1.82) is 0 Å². The molecule has 0 aromatic carbocycles. The molecule has 0 spiro atoms. The van der Waals surface area contributed by atoms with Crippen LogP contribution in [0, 0.1) is 0 Å². The first-order chi connectivity index (χ1) is 9.01. The average molecular weight is 420 g/mol. The Hall–Kier alpha value is -0.130. The third-order valence-corrected chi connectivity index (χ3v) is 4.92. The maximum atomic E-state index is 12.0. The zero-order valence-electron chi connectivity index (χ0n) is 12.1. The topological polar surface area (TPSA) is 88.2 Å². The molecule has 9 heteroatoms. The van der Waals surface area contributed by atoms with Gasteiger partial charge in [-0.05, 0) is 13.8 Å². The molecular formula is C11H25IN4O3S. The molecule has 0 radical (unpaired) electrons. The maximum absolute atomic E-state index is 12.0. The number of hydrogen-bond donors (Lipinski definition) is 1. The molecule has 0 aromatic heterocycles. The quantitative estimate of drug-likeness (QED) is 0.369. The van der Waals surface area contributed by atoms with Gasteiger partial charge in [-0.3, -0.25) is 4.99 Å². The van der Waals surface area contributed by atoms with Crippen molar-refractivity contribution in [2.24, 2.45) is 10.7 Å².